The van der Waals surface area contributed by atoms with Crippen molar-refractivity contribution in [2.45, 2.75) is 31.7 Å². The third-order valence-corrected chi connectivity index (χ3v) is 5.41. The molecule has 5 heteroatoms. The number of alkyl halides is 1. The summed E-state index contributed by atoms with van der Waals surface area (Å²) >= 11 is 9.38. The molecule has 2 heterocycles. The van der Waals surface area contributed by atoms with E-state index in [9.17, 15) is 0 Å². The summed E-state index contributed by atoms with van der Waals surface area (Å²) in [5.74, 6) is 0.506. The van der Waals surface area contributed by atoms with E-state index in [1.54, 1.807) is 11.3 Å². The van der Waals surface area contributed by atoms with Gasteiger partial charge in [-0.3, -0.25) is 4.90 Å². The van der Waals surface area contributed by atoms with Crippen LogP contribution in [0.1, 0.15) is 35.0 Å². The molecule has 0 aromatic carbocycles. The molecule has 0 fully saturated rings. The summed E-state index contributed by atoms with van der Waals surface area (Å²) in [4.78, 5) is 8.46. The summed E-state index contributed by atoms with van der Waals surface area (Å²) in [6.07, 6.45) is 2.19. The second-order valence-electron chi connectivity index (χ2n) is 4.54. The number of nitrogens with zero attached hydrogens (tertiary/aromatic N) is 2. The number of thiazole rings is 1. The smallest absolute Gasteiger partial charge is 0.110 e. The summed E-state index contributed by atoms with van der Waals surface area (Å²) in [5, 5.41) is 5.39. The standard InChI is InChI=1S/C14H19ClN2S2/c1-3-13(14-16-11(9-15)10-19-14)17(2)7-6-12-5-4-8-18-12/h4-5,8,10,13H,3,6-7,9H2,1-2H3. The highest BCUT2D eigenvalue weighted by atomic mass is 35.5. The Bertz CT molecular complexity index is 481. The molecule has 0 aliphatic heterocycles. The minimum absolute atomic E-state index is 0.405. The second kappa shape index (κ2) is 7.39. The van der Waals surface area contributed by atoms with E-state index in [1.807, 2.05) is 11.3 Å². The number of rotatable bonds is 7. The topological polar surface area (TPSA) is 16.1 Å². The minimum Gasteiger partial charge on any atom is -0.297 e. The van der Waals surface area contributed by atoms with Gasteiger partial charge in [-0.15, -0.1) is 34.3 Å². The molecule has 1 atom stereocenters. The molecule has 0 saturated carbocycles. The van der Waals surface area contributed by atoms with Crippen molar-refractivity contribution < 1.29 is 0 Å². The average molecular weight is 315 g/mol. The van der Waals surface area contributed by atoms with Crippen molar-refractivity contribution in [3.8, 4) is 0 Å². The lowest BCUT2D eigenvalue weighted by molar-refractivity contribution is 0.241. The number of likely N-dealkylation sites (N-methyl/N-ethyl adjacent to an activating group) is 1. The van der Waals surface area contributed by atoms with Crippen LogP contribution in [-0.2, 0) is 12.3 Å². The van der Waals surface area contributed by atoms with Crippen LogP contribution in [0.2, 0.25) is 0 Å². The monoisotopic (exact) mass is 314 g/mol. The van der Waals surface area contributed by atoms with E-state index in [1.165, 1.54) is 9.88 Å². The van der Waals surface area contributed by atoms with Crippen LogP contribution in [0.5, 0.6) is 0 Å². The van der Waals surface area contributed by atoms with E-state index >= 15 is 0 Å². The molecule has 0 aliphatic carbocycles. The largest absolute Gasteiger partial charge is 0.297 e. The van der Waals surface area contributed by atoms with Gasteiger partial charge in [0.2, 0.25) is 0 Å². The Morgan fingerprint density at radius 3 is 2.84 bits per heavy atom. The minimum atomic E-state index is 0.405. The highest BCUT2D eigenvalue weighted by Crippen LogP contribution is 2.27. The predicted octanol–water partition coefficient (Wildman–Crippen LogP) is 4.57. The molecule has 0 saturated heterocycles. The maximum Gasteiger partial charge on any atom is 0.110 e. The maximum atomic E-state index is 5.83. The van der Waals surface area contributed by atoms with Crippen molar-refractivity contribution >= 4 is 34.3 Å². The van der Waals surface area contributed by atoms with Crippen LogP contribution in [0.25, 0.3) is 0 Å². The number of halogens is 1. The Hall–Kier alpha value is -0.420. The number of thiophene rings is 1. The van der Waals surface area contributed by atoms with Gasteiger partial charge in [0.05, 0.1) is 17.6 Å². The number of hydrogen-bond donors (Lipinski definition) is 0. The lowest BCUT2D eigenvalue weighted by Gasteiger charge is -2.25. The molecule has 0 N–H and O–H groups in total. The van der Waals surface area contributed by atoms with Crippen molar-refractivity contribution in [1.29, 1.82) is 0 Å². The molecule has 2 aromatic heterocycles. The molecule has 0 bridgehead atoms. The van der Waals surface area contributed by atoms with Gasteiger partial charge in [0.25, 0.3) is 0 Å². The van der Waals surface area contributed by atoms with Gasteiger partial charge in [-0.05, 0) is 31.3 Å². The molecular weight excluding hydrogens is 296 g/mol. The Kier molecular flexibility index (Phi) is 5.82. The lowest BCUT2D eigenvalue weighted by Crippen LogP contribution is -2.26. The first-order chi connectivity index (χ1) is 9.24. The van der Waals surface area contributed by atoms with E-state index in [0.29, 0.717) is 11.9 Å². The summed E-state index contributed by atoms with van der Waals surface area (Å²) in [5.41, 5.74) is 0.992. The summed E-state index contributed by atoms with van der Waals surface area (Å²) in [6, 6.07) is 4.72. The van der Waals surface area contributed by atoms with Gasteiger partial charge in [-0.25, -0.2) is 4.98 Å². The van der Waals surface area contributed by atoms with E-state index in [0.717, 1.165) is 25.1 Å². The van der Waals surface area contributed by atoms with E-state index in [-0.39, 0.29) is 0 Å². The normalized spacial score (nSPS) is 13.1. The fourth-order valence-corrected chi connectivity index (χ4v) is 4.10. The van der Waals surface area contributed by atoms with E-state index < -0.39 is 0 Å². The fraction of sp³-hybridized carbons (Fsp3) is 0.500. The zero-order valence-electron chi connectivity index (χ0n) is 11.3. The molecule has 0 aliphatic rings. The summed E-state index contributed by atoms with van der Waals surface area (Å²) < 4.78 is 0. The van der Waals surface area contributed by atoms with Crippen LogP contribution in [0.15, 0.2) is 22.9 Å². The van der Waals surface area contributed by atoms with Gasteiger partial charge in [-0.2, -0.15) is 0 Å². The van der Waals surface area contributed by atoms with Crippen molar-refractivity contribution in [2.75, 3.05) is 13.6 Å². The average Bonchev–Trinajstić information content (AvgIpc) is 3.08. The number of aromatic nitrogens is 1. The van der Waals surface area contributed by atoms with Gasteiger partial charge in [0.15, 0.2) is 0 Å². The van der Waals surface area contributed by atoms with Crippen LogP contribution in [0.3, 0.4) is 0 Å². The Morgan fingerprint density at radius 2 is 2.26 bits per heavy atom. The van der Waals surface area contributed by atoms with Gasteiger partial charge in [-0.1, -0.05) is 13.0 Å². The fourth-order valence-electron chi connectivity index (χ4n) is 2.11. The first-order valence-electron chi connectivity index (χ1n) is 6.47. The van der Waals surface area contributed by atoms with Crippen LogP contribution >= 0.6 is 34.3 Å². The molecule has 0 spiro atoms. The van der Waals surface area contributed by atoms with Crippen molar-refractivity contribution in [3.05, 3.63) is 38.5 Å². The van der Waals surface area contributed by atoms with Crippen molar-refractivity contribution in [1.82, 2.24) is 9.88 Å². The van der Waals surface area contributed by atoms with Crippen LogP contribution in [0, 0.1) is 0 Å². The molecular formula is C14H19ClN2S2. The van der Waals surface area contributed by atoms with Gasteiger partial charge in [0, 0.05) is 16.8 Å². The summed E-state index contributed by atoms with van der Waals surface area (Å²) in [7, 11) is 2.18. The van der Waals surface area contributed by atoms with Gasteiger partial charge in [0.1, 0.15) is 5.01 Å². The first kappa shape index (κ1) is 15.0. The maximum absolute atomic E-state index is 5.83. The highest BCUT2D eigenvalue weighted by molar-refractivity contribution is 7.10. The molecule has 0 radical (unpaired) electrons. The molecule has 2 aromatic rings. The molecule has 104 valence electrons. The van der Waals surface area contributed by atoms with Gasteiger partial charge < -0.3 is 0 Å². The molecule has 2 rings (SSSR count). The molecule has 0 amide bonds. The quantitative estimate of drug-likeness (QED) is 0.696. The Labute approximate surface area is 128 Å². The SMILES string of the molecule is CCC(c1nc(CCl)cs1)N(C)CCc1cccs1. The Morgan fingerprint density at radius 1 is 1.42 bits per heavy atom. The predicted molar refractivity (Wildman–Crippen MR) is 85.4 cm³/mol. The molecule has 1 unspecified atom stereocenters. The zero-order chi connectivity index (χ0) is 13.7. The van der Waals surface area contributed by atoms with E-state index in [4.69, 9.17) is 11.6 Å². The molecule has 2 nitrogen and oxygen atoms in total. The van der Waals surface area contributed by atoms with Crippen molar-refractivity contribution in [3.63, 3.8) is 0 Å². The van der Waals surface area contributed by atoms with E-state index in [2.05, 4.69) is 46.7 Å². The second-order valence-corrected chi connectivity index (χ2v) is 6.73. The number of hydrogen-bond acceptors (Lipinski definition) is 4. The molecule has 19 heavy (non-hydrogen) atoms. The third-order valence-electron chi connectivity index (χ3n) is 3.20. The van der Waals surface area contributed by atoms with Crippen LogP contribution in [0.4, 0.5) is 0 Å². The highest BCUT2D eigenvalue weighted by Gasteiger charge is 2.18. The van der Waals surface area contributed by atoms with Crippen LogP contribution < -0.4 is 0 Å². The first-order valence-corrected chi connectivity index (χ1v) is 8.76. The van der Waals surface area contributed by atoms with Crippen molar-refractivity contribution in [2.24, 2.45) is 0 Å². The summed E-state index contributed by atoms with van der Waals surface area (Å²) in [6.45, 7) is 3.28. The third kappa shape index (κ3) is 4.02. The Balaban J connectivity index is 1.96. The van der Waals surface area contributed by atoms with Crippen LogP contribution in [-0.4, -0.2) is 23.5 Å². The lowest BCUT2D eigenvalue weighted by atomic mass is 10.2. The zero-order valence-corrected chi connectivity index (χ0v) is 13.7. The van der Waals surface area contributed by atoms with Gasteiger partial charge >= 0.3 is 0 Å².